The van der Waals surface area contributed by atoms with Gasteiger partial charge in [-0.3, -0.25) is 10.1 Å². The molecule has 3 rings (SSSR count). The summed E-state index contributed by atoms with van der Waals surface area (Å²) in [6, 6.07) is 12.4. The van der Waals surface area contributed by atoms with Crippen molar-refractivity contribution in [1.82, 2.24) is 5.32 Å². The van der Waals surface area contributed by atoms with Gasteiger partial charge >= 0.3 is 0 Å². The van der Waals surface area contributed by atoms with E-state index in [-0.39, 0.29) is 5.69 Å². The molecule has 1 N–H and O–H groups in total. The quantitative estimate of drug-likeness (QED) is 0.638. The number of dihydropyridines is 1. The minimum Gasteiger partial charge on any atom is -0.460 e. The maximum absolute atomic E-state index is 11.4. The van der Waals surface area contributed by atoms with Crippen LogP contribution in [0.2, 0.25) is 0 Å². The van der Waals surface area contributed by atoms with Crippen LogP contribution in [0.25, 0.3) is 11.3 Å². The predicted molar refractivity (Wildman–Crippen MR) is 98.0 cm³/mol. The summed E-state index contributed by atoms with van der Waals surface area (Å²) in [4.78, 5) is 10.9. The van der Waals surface area contributed by atoms with Gasteiger partial charge < -0.3 is 9.73 Å². The molecule has 0 atom stereocenters. The molecule has 0 spiro atoms. The SMILES string of the molecule is CC1=C(C#N)C(c2ccc(-c3c(C)cccc3[N+](=O)[O-])o2)C(C#N)=C(C)N1. The Morgan fingerprint density at radius 3 is 2.26 bits per heavy atom. The van der Waals surface area contributed by atoms with Crippen LogP contribution in [0.4, 0.5) is 5.69 Å². The zero-order chi connectivity index (χ0) is 19.7. The van der Waals surface area contributed by atoms with E-state index in [2.05, 4.69) is 17.5 Å². The Hall–Kier alpha value is -3.84. The third-order valence-corrected chi connectivity index (χ3v) is 4.61. The van der Waals surface area contributed by atoms with Gasteiger partial charge in [-0.15, -0.1) is 0 Å². The molecule has 0 radical (unpaired) electrons. The van der Waals surface area contributed by atoms with Crippen LogP contribution < -0.4 is 5.32 Å². The lowest BCUT2D eigenvalue weighted by atomic mass is 9.85. The lowest BCUT2D eigenvalue weighted by Gasteiger charge is -2.24. The third-order valence-electron chi connectivity index (χ3n) is 4.61. The highest BCUT2D eigenvalue weighted by atomic mass is 16.6. The van der Waals surface area contributed by atoms with Crippen molar-refractivity contribution in [2.45, 2.75) is 26.7 Å². The maximum atomic E-state index is 11.4. The minimum absolute atomic E-state index is 0.0549. The Morgan fingerprint density at radius 2 is 1.70 bits per heavy atom. The van der Waals surface area contributed by atoms with Gasteiger partial charge in [0.05, 0.1) is 39.7 Å². The Labute approximate surface area is 156 Å². The van der Waals surface area contributed by atoms with E-state index in [1.807, 2.05) is 0 Å². The van der Waals surface area contributed by atoms with Gasteiger partial charge in [-0.25, -0.2) is 0 Å². The fraction of sp³-hybridized carbons (Fsp3) is 0.200. The van der Waals surface area contributed by atoms with Gasteiger partial charge in [0.15, 0.2) is 0 Å². The smallest absolute Gasteiger partial charge is 0.280 e. The number of nitro groups is 1. The van der Waals surface area contributed by atoms with Crippen LogP contribution in [0.1, 0.15) is 31.1 Å². The number of furan rings is 1. The predicted octanol–water partition coefficient (Wildman–Crippen LogP) is 4.45. The molecule has 0 saturated carbocycles. The van der Waals surface area contributed by atoms with E-state index in [1.165, 1.54) is 6.07 Å². The first-order valence-electron chi connectivity index (χ1n) is 8.21. The van der Waals surface area contributed by atoms with Gasteiger partial charge in [0.2, 0.25) is 0 Å². The topological polar surface area (TPSA) is 116 Å². The molecule has 1 aromatic carbocycles. The molecule has 0 amide bonds. The molecule has 1 aliphatic rings. The van der Waals surface area contributed by atoms with Crippen LogP contribution >= 0.6 is 0 Å². The Balaban J connectivity index is 2.17. The highest BCUT2D eigenvalue weighted by Gasteiger charge is 2.32. The number of aryl methyl sites for hydroxylation is 1. The number of nitrogens with one attached hydrogen (secondary N) is 1. The van der Waals surface area contributed by atoms with Gasteiger partial charge in [-0.1, -0.05) is 12.1 Å². The number of allylic oxidation sites excluding steroid dienone is 4. The van der Waals surface area contributed by atoms with Gasteiger partial charge in [0, 0.05) is 17.5 Å². The number of benzene rings is 1. The van der Waals surface area contributed by atoms with Crippen LogP contribution in [0.15, 0.2) is 57.3 Å². The average Bonchev–Trinajstić information content (AvgIpc) is 3.10. The van der Waals surface area contributed by atoms with E-state index in [1.54, 1.807) is 45.0 Å². The van der Waals surface area contributed by atoms with Crippen LogP contribution in [0, 0.1) is 39.7 Å². The molecule has 1 aromatic heterocycles. The Kier molecular flexibility index (Phi) is 4.53. The van der Waals surface area contributed by atoms with E-state index in [0.29, 0.717) is 45.2 Å². The van der Waals surface area contributed by atoms with Crippen LogP contribution in [0.5, 0.6) is 0 Å². The molecule has 1 aliphatic heterocycles. The number of nitriles is 2. The second-order valence-electron chi connectivity index (χ2n) is 6.29. The molecule has 0 saturated heterocycles. The van der Waals surface area contributed by atoms with Crippen molar-refractivity contribution in [3.05, 3.63) is 74.3 Å². The van der Waals surface area contributed by atoms with E-state index in [4.69, 9.17) is 4.42 Å². The largest absolute Gasteiger partial charge is 0.460 e. The first-order valence-corrected chi connectivity index (χ1v) is 8.21. The monoisotopic (exact) mass is 360 g/mol. The summed E-state index contributed by atoms with van der Waals surface area (Å²) in [6.07, 6.45) is 0. The van der Waals surface area contributed by atoms with Crippen molar-refractivity contribution in [2.24, 2.45) is 0 Å². The van der Waals surface area contributed by atoms with Gasteiger partial charge in [0.1, 0.15) is 11.5 Å². The van der Waals surface area contributed by atoms with E-state index in [9.17, 15) is 20.6 Å². The first-order chi connectivity index (χ1) is 12.9. The molecule has 2 aromatic rings. The van der Waals surface area contributed by atoms with E-state index in [0.717, 1.165) is 0 Å². The molecule has 134 valence electrons. The van der Waals surface area contributed by atoms with Gasteiger partial charge in [-0.05, 0) is 38.5 Å². The maximum Gasteiger partial charge on any atom is 0.280 e. The summed E-state index contributed by atoms with van der Waals surface area (Å²) in [5.74, 6) is 0.0899. The number of nitro benzene ring substituents is 1. The van der Waals surface area contributed by atoms with E-state index >= 15 is 0 Å². The molecular weight excluding hydrogens is 344 g/mol. The Morgan fingerprint density at radius 1 is 1.07 bits per heavy atom. The molecule has 27 heavy (non-hydrogen) atoms. The lowest BCUT2D eigenvalue weighted by Crippen LogP contribution is -2.23. The summed E-state index contributed by atoms with van der Waals surface area (Å²) in [6.45, 7) is 5.29. The fourth-order valence-corrected chi connectivity index (χ4v) is 3.34. The summed E-state index contributed by atoms with van der Waals surface area (Å²) in [5.41, 5.74) is 3.11. The van der Waals surface area contributed by atoms with Crippen molar-refractivity contribution in [3.63, 3.8) is 0 Å². The zero-order valence-electron chi connectivity index (χ0n) is 15.0. The van der Waals surface area contributed by atoms with Crippen LogP contribution in [-0.4, -0.2) is 4.92 Å². The van der Waals surface area contributed by atoms with Crippen molar-refractivity contribution in [3.8, 4) is 23.5 Å². The Bertz CT molecular complexity index is 1060. The standard InChI is InChI=1S/C20H16N4O3/c1-11-5-4-6-16(24(25)26)19(11)17-7-8-18(27-17)20-14(9-21)12(2)23-13(3)15(20)10-22/h4-8,20,23H,1-3H3. The molecule has 7 heteroatoms. The number of hydrogen-bond donors (Lipinski definition) is 1. The van der Waals surface area contributed by atoms with Crippen LogP contribution in [0.3, 0.4) is 0 Å². The molecule has 7 nitrogen and oxygen atoms in total. The van der Waals surface area contributed by atoms with E-state index < -0.39 is 10.8 Å². The molecule has 0 aliphatic carbocycles. The highest BCUT2D eigenvalue weighted by molar-refractivity contribution is 5.73. The average molecular weight is 360 g/mol. The fourth-order valence-electron chi connectivity index (χ4n) is 3.34. The highest BCUT2D eigenvalue weighted by Crippen LogP contribution is 2.41. The van der Waals surface area contributed by atoms with Crippen LogP contribution in [-0.2, 0) is 0 Å². The number of nitrogens with zero attached hydrogens (tertiary/aromatic N) is 3. The third kappa shape index (κ3) is 2.96. The summed E-state index contributed by atoms with van der Waals surface area (Å²) in [5, 5.41) is 33.6. The van der Waals surface area contributed by atoms with Crippen molar-refractivity contribution in [2.75, 3.05) is 0 Å². The second-order valence-corrected chi connectivity index (χ2v) is 6.29. The molecular formula is C20H16N4O3. The second kappa shape index (κ2) is 6.81. The summed E-state index contributed by atoms with van der Waals surface area (Å²) >= 11 is 0. The normalized spacial score (nSPS) is 14.6. The number of hydrogen-bond acceptors (Lipinski definition) is 6. The molecule has 2 heterocycles. The molecule has 0 fully saturated rings. The zero-order valence-corrected chi connectivity index (χ0v) is 15.0. The summed E-state index contributed by atoms with van der Waals surface area (Å²) in [7, 11) is 0. The van der Waals surface area contributed by atoms with Gasteiger partial charge in [-0.2, -0.15) is 10.5 Å². The summed E-state index contributed by atoms with van der Waals surface area (Å²) < 4.78 is 5.94. The van der Waals surface area contributed by atoms with Gasteiger partial charge in [0.25, 0.3) is 5.69 Å². The first kappa shape index (κ1) is 18.0. The molecule has 0 unspecified atom stereocenters. The van der Waals surface area contributed by atoms with Crippen molar-refractivity contribution >= 4 is 5.69 Å². The van der Waals surface area contributed by atoms with Crippen molar-refractivity contribution < 1.29 is 9.34 Å². The van der Waals surface area contributed by atoms with Crippen molar-refractivity contribution in [1.29, 1.82) is 10.5 Å². The molecule has 0 bridgehead atoms. The minimum atomic E-state index is -0.641. The number of rotatable bonds is 3. The lowest BCUT2D eigenvalue weighted by molar-refractivity contribution is -0.384.